The molecule has 23 heavy (non-hydrogen) atoms. The molecule has 1 atom stereocenters. The molecule has 122 valence electrons. The number of carbonyl (C=O) groups excluding carboxylic acids is 1. The van der Waals surface area contributed by atoms with Crippen molar-refractivity contribution < 1.29 is 4.79 Å². The zero-order chi connectivity index (χ0) is 16.4. The fourth-order valence-electron chi connectivity index (χ4n) is 2.62. The number of benzene rings is 1. The summed E-state index contributed by atoms with van der Waals surface area (Å²) >= 11 is 12.4. The van der Waals surface area contributed by atoms with E-state index in [2.05, 4.69) is 20.7 Å². The highest BCUT2D eigenvalue weighted by Crippen LogP contribution is 2.28. The minimum Gasteiger partial charge on any atom is -0.348 e. The van der Waals surface area contributed by atoms with E-state index < -0.39 is 0 Å². The van der Waals surface area contributed by atoms with Gasteiger partial charge >= 0.3 is 0 Å². The first-order valence-corrected chi connectivity index (χ1v) is 8.21. The lowest BCUT2D eigenvalue weighted by molar-refractivity contribution is 0.0940. The highest BCUT2D eigenvalue weighted by molar-refractivity contribution is 6.37. The number of carbonyl (C=O) groups is 1. The Balaban J connectivity index is 1.79. The van der Waals surface area contributed by atoms with Gasteiger partial charge in [-0.15, -0.1) is 5.10 Å². The molecule has 0 radical (unpaired) electrons. The van der Waals surface area contributed by atoms with Crippen molar-refractivity contribution in [3.05, 3.63) is 39.9 Å². The van der Waals surface area contributed by atoms with Crippen LogP contribution in [0.5, 0.6) is 0 Å². The molecule has 0 spiro atoms. The summed E-state index contributed by atoms with van der Waals surface area (Å²) in [6, 6.07) is 5.51. The molecule has 1 unspecified atom stereocenters. The van der Waals surface area contributed by atoms with Gasteiger partial charge in [-0.1, -0.05) is 29.3 Å². The molecule has 0 bridgehead atoms. The normalized spacial score (nSPS) is 17.4. The van der Waals surface area contributed by atoms with Gasteiger partial charge in [0.1, 0.15) is 11.5 Å². The van der Waals surface area contributed by atoms with Crippen molar-refractivity contribution in [1.82, 2.24) is 25.4 Å². The lowest BCUT2D eigenvalue weighted by Gasteiger charge is -2.10. The first kappa shape index (κ1) is 16.2. The quantitative estimate of drug-likeness (QED) is 0.884. The Labute approximate surface area is 144 Å². The van der Waals surface area contributed by atoms with Crippen LogP contribution in [-0.2, 0) is 0 Å². The number of rotatable bonds is 4. The van der Waals surface area contributed by atoms with E-state index in [0.29, 0.717) is 34.1 Å². The fraction of sp³-hybridized carbons (Fsp3) is 0.400. The number of nitrogens with zero attached hydrogens (tertiary/aromatic N) is 3. The summed E-state index contributed by atoms with van der Waals surface area (Å²) in [6.45, 7) is 3.32. The predicted molar refractivity (Wildman–Crippen MR) is 89.5 cm³/mol. The zero-order valence-electron chi connectivity index (χ0n) is 12.6. The molecule has 0 aliphatic carbocycles. The third kappa shape index (κ3) is 3.49. The maximum absolute atomic E-state index is 12.2. The summed E-state index contributed by atoms with van der Waals surface area (Å²) in [6.07, 6.45) is 2.20. The monoisotopic (exact) mass is 353 g/mol. The van der Waals surface area contributed by atoms with Crippen LogP contribution in [0.15, 0.2) is 18.2 Å². The number of para-hydroxylation sites is 1. The molecule has 2 heterocycles. The van der Waals surface area contributed by atoms with Crippen LogP contribution in [0.4, 0.5) is 0 Å². The van der Waals surface area contributed by atoms with Gasteiger partial charge < -0.3 is 10.6 Å². The van der Waals surface area contributed by atoms with Crippen LogP contribution in [0.1, 0.15) is 29.3 Å². The molecular weight excluding hydrogens is 337 g/mol. The van der Waals surface area contributed by atoms with E-state index in [1.54, 1.807) is 25.1 Å². The molecule has 3 rings (SSSR count). The Hall–Kier alpha value is -1.63. The lowest BCUT2D eigenvalue weighted by atomic mass is 10.2. The molecule has 2 N–H and O–H groups in total. The Kier molecular flexibility index (Phi) is 4.84. The Morgan fingerprint density at radius 3 is 2.83 bits per heavy atom. The predicted octanol–water partition coefficient (Wildman–Crippen LogP) is 2.36. The summed E-state index contributed by atoms with van der Waals surface area (Å²) in [4.78, 5) is 16.4. The van der Waals surface area contributed by atoms with Gasteiger partial charge in [-0.25, -0.2) is 9.67 Å². The minimum atomic E-state index is -0.302. The van der Waals surface area contributed by atoms with Crippen molar-refractivity contribution in [2.24, 2.45) is 0 Å². The van der Waals surface area contributed by atoms with Gasteiger partial charge in [-0.05, 0) is 38.4 Å². The van der Waals surface area contributed by atoms with Gasteiger partial charge in [0, 0.05) is 12.6 Å². The molecule has 1 aromatic heterocycles. The van der Waals surface area contributed by atoms with Gasteiger partial charge in [-0.2, -0.15) is 0 Å². The van der Waals surface area contributed by atoms with E-state index in [-0.39, 0.29) is 11.7 Å². The third-order valence-corrected chi connectivity index (χ3v) is 4.40. The Morgan fingerprint density at radius 2 is 2.17 bits per heavy atom. The van der Waals surface area contributed by atoms with E-state index in [4.69, 9.17) is 23.2 Å². The second kappa shape index (κ2) is 6.86. The van der Waals surface area contributed by atoms with Crippen LogP contribution in [-0.4, -0.2) is 39.8 Å². The van der Waals surface area contributed by atoms with Crippen molar-refractivity contribution in [2.45, 2.75) is 25.8 Å². The summed E-state index contributed by atoms with van der Waals surface area (Å²) in [5.74, 6) is 0.351. The SMILES string of the molecule is Cc1nc(C(=O)NCC2CCCN2)nn1-c1c(Cl)cccc1Cl. The Morgan fingerprint density at radius 1 is 1.43 bits per heavy atom. The number of aromatic nitrogens is 3. The molecule has 1 saturated heterocycles. The van der Waals surface area contributed by atoms with Crippen molar-refractivity contribution in [1.29, 1.82) is 0 Å². The van der Waals surface area contributed by atoms with E-state index in [0.717, 1.165) is 19.4 Å². The average molecular weight is 354 g/mol. The fourth-order valence-corrected chi connectivity index (χ4v) is 3.17. The number of hydrogen-bond donors (Lipinski definition) is 2. The second-order valence-electron chi connectivity index (χ2n) is 5.47. The highest BCUT2D eigenvalue weighted by Gasteiger charge is 2.20. The molecule has 8 heteroatoms. The number of nitrogens with one attached hydrogen (secondary N) is 2. The van der Waals surface area contributed by atoms with E-state index in [1.165, 1.54) is 4.68 Å². The zero-order valence-corrected chi connectivity index (χ0v) is 14.2. The highest BCUT2D eigenvalue weighted by atomic mass is 35.5. The molecule has 1 aliphatic heterocycles. The first-order chi connectivity index (χ1) is 11.1. The van der Waals surface area contributed by atoms with Crippen LogP contribution in [0.2, 0.25) is 10.0 Å². The number of amides is 1. The molecule has 1 aliphatic rings. The van der Waals surface area contributed by atoms with Crippen LogP contribution < -0.4 is 10.6 Å². The van der Waals surface area contributed by atoms with Crippen molar-refractivity contribution in [3.63, 3.8) is 0 Å². The van der Waals surface area contributed by atoms with E-state index in [9.17, 15) is 4.79 Å². The van der Waals surface area contributed by atoms with Gasteiger partial charge in [0.25, 0.3) is 5.91 Å². The van der Waals surface area contributed by atoms with Gasteiger partial charge in [-0.3, -0.25) is 4.79 Å². The topological polar surface area (TPSA) is 71.8 Å². The van der Waals surface area contributed by atoms with Crippen LogP contribution in [0.25, 0.3) is 5.69 Å². The van der Waals surface area contributed by atoms with Gasteiger partial charge in [0.05, 0.1) is 10.0 Å². The van der Waals surface area contributed by atoms with Crippen molar-refractivity contribution >= 4 is 29.1 Å². The molecule has 0 saturated carbocycles. The maximum Gasteiger partial charge on any atom is 0.291 e. The van der Waals surface area contributed by atoms with E-state index in [1.807, 2.05) is 0 Å². The summed E-state index contributed by atoms with van der Waals surface area (Å²) < 4.78 is 1.49. The molecule has 2 aromatic rings. The largest absolute Gasteiger partial charge is 0.348 e. The molecule has 1 aromatic carbocycles. The summed E-state index contributed by atoms with van der Waals surface area (Å²) in [5, 5.41) is 11.3. The second-order valence-corrected chi connectivity index (χ2v) is 6.28. The summed E-state index contributed by atoms with van der Waals surface area (Å²) in [5.41, 5.74) is 0.525. The third-order valence-electron chi connectivity index (χ3n) is 3.79. The minimum absolute atomic E-state index is 0.108. The van der Waals surface area contributed by atoms with Crippen molar-refractivity contribution in [3.8, 4) is 5.69 Å². The van der Waals surface area contributed by atoms with Gasteiger partial charge in [0.15, 0.2) is 0 Å². The number of halogens is 2. The lowest BCUT2D eigenvalue weighted by Crippen LogP contribution is -2.37. The number of aryl methyl sites for hydroxylation is 1. The molecule has 6 nitrogen and oxygen atoms in total. The van der Waals surface area contributed by atoms with Crippen molar-refractivity contribution in [2.75, 3.05) is 13.1 Å². The van der Waals surface area contributed by atoms with Crippen LogP contribution >= 0.6 is 23.2 Å². The first-order valence-electron chi connectivity index (χ1n) is 7.46. The van der Waals surface area contributed by atoms with Crippen LogP contribution in [0, 0.1) is 6.92 Å². The van der Waals surface area contributed by atoms with Crippen LogP contribution in [0.3, 0.4) is 0 Å². The smallest absolute Gasteiger partial charge is 0.291 e. The average Bonchev–Trinajstić information content (AvgIpc) is 3.15. The van der Waals surface area contributed by atoms with E-state index >= 15 is 0 Å². The summed E-state index contributed by atoms with van der Waals surface area (Å²) in [7, 11) is 0. The maximum atomic E-state index is 12.2. The number of hydrogen-bond acceptors (Lipinski definition) is 4. The molecule has 1 fully saturated rings. The molecule has 1 amide bonds. The Bertz CT molecular complexity index is 704. The molecular formula is C15H17Cl2N5O. The standard InChI is InChI=1S/C15H17Cl2N5O/c1-9-20-14(15(23)19-8-10-4-3-7-18-10)21-22(9)13-11(16)5-2-6-12(13)17/h2,5-6,10,18H,3-4,7-8H2,1H3,(H,19,23). The van der Waals surface area contributed by atoms with Gasteiger partial charge in [0.2, 0.25) is 5.82 Å².